The van der Waals surface area contributed by atoms with Gasteiger partial charge in [-0.25, -0.2) is 4.99 Å². The van der Waals surface area contributed by atoms with Crippen LogP contribution in [0, 0.1) is 0 Å². The molecular formula is C41H39N5O4. The third-order valence-electron chi connectivity index (χ3n) is 8.89. The Kier molecular flexibility index (Phi) is 11.2. The number of aliphatic hydroxyl groups is 1. The van der Waals surface area contributed by atoms with Crippen molar-refractivity contribution in [2.45, 2.75) is 36.9 Å². The smallest absolute Gasteiger partial charge is 0.252 e. The number of aliphatic imine (C=N–C) groups is 1. The molecule has 6 rings (SSSR count). The molecule has 2 N–H and O–H groups in total. The first-order valence-corrected chi connectivity index (χ1v) is 16.7. The molecule has 5 aromatic rings. The van der Waals surface area contributed by atoms with Crippen LogP contribution < -0.4 is 10.1 Å². The van der Waals surface area contributed by atoms with Gasteiger partial charge in [0, 0.05) is 42.4 Å². The summed E-state index contributed by atoms with van der Waals surface area (Å²) in [4.78, 5) is 23.2. The molecule has 0 saturated carbocycles. The molecule has 0 radical (unpaired) electrons. The molecule has 5 aromatic carbocycles. The van der Waals surface area contributed by atoms with E-state index in [9.17, 15) is 0 Å². The lowest BCUT2D eigenvalue weighted by Crippen LogP contribution is -2.51. The number of carbonyl (C=O) groups is 1. The average molecular weight is 666 g/mol. The summed E-state index contributed by atoms with van der Waals surface area (Å²) in [7, 11) is 0. The number of azide groups is 1. The number of rotatable bonds is 15. The minimum absolute atomic E-state index is 0.0528. The zero-order valence-corrected chi connectivity index (χ0v) is 27.6. The quantitative estimate of drug-likeness (QED) is 0.0514. The van der Waals surface area contributed by atoms with Crippen molar-refractivity contribution in [2.75, 3.05) is 19.8 Å². The molecule has 2 atom stereocenters. The molecule has 0 aliphatic carbocycles. The van der Waals surface area contributed by atoms with Gasteiger partial charge in [-0.1, -0.05) is 120 Å². The predicted molar refractivity (Wildman–Crippen MR) is 194 cm³/mol. The van der Waals surface area contributed by atoms with E-state index in [1.165, 1.54) is 0 Å². The van der Waals surface area contributed by atoms with Gasteiger partial charge in [0.2, 0.25) is 5.90 Å². The van der Waals surface area contributed by atoms with Gasteiger partial charge >= 0.3 is 0 Å². The van der Waals surface area contributed by atoms with Gasteiger partial charge in [-0.15, -0.1) is 0 Å². The average Bonchev–Trinajstić information content (AvgIpc) is 3.56. The fourth-order valence-electron chi connectivity index (χ4n) is 6.34. The van der Waals surface area contributed by atoms with Crippen molar-refractivity contribution in [1.82, 2.24) is 5.32 Å². The molecule has 1 amide bonds. The molecule has 252 valence electrons. The monoisotopic (exact) mass is 665 g/mol. The van der Waals surface area contributed by atoms with E-state index in [2.05, 4.69) is 39.6 Å². The molecular weight excluding hydrogens is 626 g/mol. The largest absolute Gasteiger partial charge is 0.494 e. The van der Waals surface area contributed by atoms with E-state index in [4.69, 9.17) is 25.1 Å². The minimum atomic E-state index is -1.42. The third kappa shape index (κ3) is 7.87. The second-order valence-electron chi connectivity index (χ2n) is 12.1. The molecule has 9 heteroatoms. The van der Waals surface area contributed by atoms with Gasteiger partial charge in [-0.3, -0.25) is 4.79 Å². The lowest BCUT2D eigenvalue weighted by atomic mass is 9.80. The van der Waals surface area contributed by atoms with Crippen molar-refractivity contribution >= 4 is 11.8 Å². The SMILES string of the molecule is [N-]=[N+]=NCc1ccccc1C[C@@]1(C(=O)NCC(c2ccccc2)c2ccccc2)N=C(c2ccc(OCCCO)cc2)O[C@@H]1c1ccccc1. The molecule has 0 unspecified atom stereocenters. The van der Waals surface area contributed by atoms with E-state index in [0.29, 0.717) is 36.8 Å². The fourth-order valence-corrected chi connectivity index (χ4v) is 6.34. The summed E-state index contributed by atoms with van der Waals surface area (Å²) in [5, 5.41) is 16.3. The lowest BCUT2D eigenvalue weighted by Gasteiger charge is -2.32. The zero-order valence-electron chi connectivity index (χ0n) is 27.6. The zero-order chi connectivity index (χ0) is 34.6. The van der Waals surface area contributed by atoms with Crippen LogP contribution in [0.4, 0.5) is 0 Å². The molecule has 0 bridgehead atoms. The molecule has 1 aliphatic rings. The summed E-state index contributed by atoms with van der Waals surface area (Å²) in [5.41, 5.74) is 13.0. The Balaban J connectivity index is 1.43. The number of aliphatic hydroxyl groups excluding tert-OH is 1. The first kappa shape index (κ1) is 34.0. The van der Waals surface area contributed by atoms with E-state index in [1.54, 1.807) is 0 Å². The van der Waals surface area contributed by atoms with Gasteiger partial charge in [0.1, 0.15) is 5.75 Å². The second kappa shape index (κ2) is 16.5. The molecule has 0 saturated heterocycles. The van der Waals surface area contributed by atoms with E-state index in [-0.39, 0.29) is 31.4 Å². The Hall–Kier alpha value is -5.89. The first-order valence-electron chi connectivity index (χ1n) is 16.7. The number of nitrogens with one attached hydrogen (secondary N) is 1. The maximum absolute atomic E-state index is 15.0. The summed E-state index contributed by atoms with van der Waals surface area (Å²) in [5.74, 6) is 0.617. The maximum atomic E-state index is 15.0. The minimum Gasteiger partial charge on any atom is -0.494 e. The van der Waals surface area contributed by atoms with Crippen molar-refractivity contribution in [3.8, 4) is 5.75 Å². The predicted octanol–water partition coefficient (Wildman–Crippen LogP) is 7.71. The van der Waals surface area contributed by atoms with Crippen molar-refractivity contribution in [3.63, 3.8) is 0 Å². The number of hydrogen-bond acceptors (Lipinski definition) is 6. The standard InChI is InChI=1S/C41H39N5O4/c42-46-44-28-35-20-11-10-19-34(35)27-41(40(48)43-29-37(30-13-4-1-5-14-30)31-15-6-2-7-16-31)38(32-17-8-3-9-18-32)50-39(45-41)33-21-23-36(24-22-33)49-26-12-25-47/h1-11,13-24,37-38,47H,12,25-29H2,(H,43,48)/t38-,41-/m1/s1. The molecule has 0 aromatic heterocycles. The Bertz CT molecular complexity index is 1890. The van der Waals surface area contributed by atoms with Gasteiger partial charge in [0.25, 0.3) is 5.91 Å². The topological polar surface area (TPSA) is 129 Å². The van der Waals surface area contributed by atoms with E-state index in [1.807, 2.05) is 115 Å². The van der Waals surface area contributed by atoms with Crippen LogP contribution in [0.2, 0.25) is 0 Å². The van der Waals surface area contributed by atoms with Gasteiger partial charge in [0.15, 0.2) is 11.6 Å². The van der Waals surface area contributed by atoms with Crippen LogP contribution in [0.15, 0.2) is 150 Å². The van der Waals surface area contributed by atoms with Crippen LogP contribution in [0.5, 0.6) is 5.75 Å². The lowest BCUT2D eigenvalue weighted by molar-refractivity contribution is -0.129. The first-order chi connectivity index (χ1) is 24.6. The molecule has 0 spiro atoms. The van der Waals surface area contributed by atoms with Crippen molar-refractivity contribution < 1.29 is 19.4 Å². The summed E-state index contributed by atoms with van der Waals surface area (Å²) in [6.07, 6.45) is -0.0358. The summed E-state index contributed by atoms with van der Waals surface area (Å²) in [6.45, 7) is 0.924. The summed E-state index contributed by atoms with van der Waals surface area (Å²) in [6, 6.07) is 45.0. The van der Waals surface area contributed by atoms with E-state index in [0.717, 1.165) is 27.8 Å². The number of benzene rings is 5. The number of ether oxygens (including phenoxy) is 2. The molecule has 1 heterocycles. The van der Waals surface area contributed by atoms with Crippen LogP contribution in [-0.2, 0) is 22.5 Å². The van der Waals surface area contributed by atoms with Gasteiger partial charge in [-0.05, 0) is 57.6 Å². The van der Waals surface area contributed by atoms with Crippen LogP contribution in [0.3, 0.4) is 0 Å². The third-order valence-corrected chi connectivity index (χ3v) is 8.89. The Labute approximate surface area is 291 Å². The van der Waals surface area contributed by atoms with Crippen LogP contribution in [0.25, 0.3) is 10.4 Å². The van der Waals surface area contributed by atoms with Crippen molar-refractivity contribution in [3.05, 3.63) is 183 Å². The van der Waals surface area contributed by atoms with Crippen molar-refractivity contribution in [1.29, 1.82) is 0 Å². The Morgan fingerprint density at radius 3 is 2.08 bits per heavy atom. The number of nitrogens with zero attached hydrogens (tertiary/aromatic N) is 4. The van der Waals surface area contributed by atoms with Crippen LogP contribution >= 0.6 is 0 Å². The summed E-state index contributed by atoms with van der Waals surface area (Å²) >= 11 is 0. The fraction of sp³-hybridized carbons (Fsp3) is 0.220. The maximum Gasteiger partial charge on any atom is 0.252 e. The normalized spacial score (nSPS) is 16.6. The van der Waals surface area contributed by atoms with Gasteiger partial charge < -0.3 is 19.9 Å². The molecule has 0 fully saturated rings. The van der Waals surface area contributed by atoms with E-state index >= 15 is 4.79 Å². The number of hydrogen-bond donors (Lipinski definition) is 2. The van der Waals surface area contributed by atoms with Gasteiger partial charge in [0.05, 0.1) is 13.2 Å². The van der Waals surface area contributed by atoms with Gasteiger partial charge in [-0.2, -0.15) is 0 Å². The highest BCUT2D eigenvalue weighted by molar-refractivity contribution is 6.01. The molecule has 50 heavy (non-hydrogen) atoms. The van der Waals surface area contributed by atoms with Crippen LogP contribution in [-0.4, -0.2) is 42.2 Å². The second-order valence-corrected chi connectivity index (χ2v) is 12.1. The Morgan fingerprint density at radius 2 is 1.46 bits per heavy atom. The summed E-state index contributed by atoms with van der Waals surface area (Å²) < 4.78 is 12.5. The Morgan fingerprint density at radius 1 is 0.860 bits per heavy atom. The number of carbonyl (C=O) groups excluding carboxylic acids is 1. The van der Waals surface area contributed by atoms with Crippen LogP contribution in [0.1, 0.15) is 51.8 Å². The highest BCUT2D eigenvalue weighted by Gasteiger charge is 2.53. The van der Waals surface area contributed by atoms with E-state index < -0.39 is 11.6 Å². The molecule has 1 aliphatic heterocycles. The highest BCUT2D eigenvalue weighted by atomic mass is 16.5. The molecule has 9 nitrogen and oxygen atoms in total. The van der Waals surface area contributed by atoms with Crippen molar-refractivity contribution in [2.24, 2.45) is 10.1 Å². The highest BCUT2D eigenvalue weighted by Crippen LogP contribution is 2.43. The number of amides is 1.